The van der Waals surface area contributed by atoms with Crippen molar-refractivity contribution in [2.24, 2.45) is 29.6 Å². The van der Waals surface area contributed by atoms with E-state index in [1.165, 1.54) is 16.2 Å². The fourth-order valence-electron chi connectivity index (χ4n) is 7.85. The molecule has 1 saturated heterocycles. The number of hydrogen-bond donors (Lipinski definition) is 1. The van der Waals surface area contributed by atoms with Gasteiger partial charge in [-0.25, -0.2) is 0 Å². The van der Waals surface area contributed by atoms with Crippen LogP contribution in [-0.4, -0.2) is 22.0 Å². The molecule has 3 fully saturated rings. The molecule has 7 atom stereocenters. The lowest BCUT2D eigenvalue weighted by Crippen LogP contribution is -2.42. The van der Waals surface area contributed by atoms with Crippen molar-refractivity contribution in [1.82, 2.24) is 4.98 Å². The Morgan fingerprint density at radius 3 is 2.46 bits per heavy atom. The Bertz CT molecular complexity index is 1750. The highest BCUT2D eigenvalue weighted by atomic mass is 35.5. The maximum absolute atomic E-state index is 13.9. The van der Waals surface area contributed by atoms with E-state index < -0.39 is 0 Å². The number of anilines is 1. The minimum atomic E-state index is -0.339. The number of rotatable bonds is 5. The fourth-order valence-corrected chi connectivity index (χ4v) is 10.9. The summed E-state index contributed by atoms with van der Waals surface area (Å²) in [6.45, 7) is 0.360. The van der Waals surface area contributed by atoms with Gasteiger partial charge in [-0.1, -0.05) is 71.5 Å². The van der Waals surface area contributed by atoms with Crippen molar-refractivity contribution in [2.75, 3.05) is 4.90 Å². The predicted molar refractivity (Wildman–Crippen MR) is 160 cm³/mol. The van der Waals surface area contributed by atoms with Crippen molar-refractivity contribution in [3.8, 4) is 5.75 Å². The average Bonchev–Trinajstić information content (AvgIpc) is 3.71. The van der Waals surface area contributed by atoms with E-state index in [0.717, 1.165) is 33.2 Å². The van der Waals surface area contributed by atoms with Gasteiger partial charge < -0.3 is 9.72 Å². The van der Waals surface area contributed by atoms with Crippen molar-refractivity contribution in [1.29, 1.82) is 0 Å². The van der Waals surface area contributed by atoms with E-state index in [2.05, 4.69) is 11.1 Å². The Balaban J connectivity index is 1.19. The molecular formula is C32H25ClN2O4S2. The van der Waals surface area contributed by atoms with Gasteiger partial charge in [-0.3, -0.25) is 19.3 Å². The number of aromatic nitrogens is 1. The number of para-hydroxylation sites is 2. The molecule has 1 N–H and O–H groups in total. The molecule has 206 valence electrons. The van der Waals surface area contributed by atoms with Crippen LogP contribution >= 0.6 is 34.7 Å². The van der Waals surface area contributed by atoms with E-state index >= 15 is 0 Å². The Hall–Kier alpha value is -3.33. The van der Waals surface area contributed by atoms with E-state index in [1.807, 2.05) is 72.8 Å². The SMILES string of the molecule is O=C1C2C(C(=O)N1c1ccccc1)[C@@H]1C[C@H]2C2Sc3[nH]c(=O)sc3C(c3ccccc3OCc3cccc(Cl)c3)C21. The number of thiazole rings is 1. The van der Waals surface area contributed by atoms with Gasteiger partial charge in [0.15, 0.2) is 0 Å². The van der Waals surface area contributed by atoms with Crippen LogP contribution in [0.3, 0.4) is 0 Å². The van der Waals surface area contributed by atoms with Crippen molar-refractivity contribution in [2.45, 2.75) is 29.2 Å². The first-order chi connectivity index (χ1) is 20.0. The Labute approximate surface area is 249 Å². The maximum atomic E-state index is 13.9. The number of nitrogens with one attached hydrogen (secondary N) is 1. The molecule has 9 heteroatoms. The van der Waals surface area contributed by atoms with Crippen LogP contribution in [0.1, 0.15) is 28.3 Å². The molecule has 4 aromatic rings. The van der Waals surface area contributed by atoms with Crippen LogP contribution in [-0.2, 0) is 16.2 Å². The van der Waals surface area contributed by atoms with Crippen LogP contribution in [0.5, 0.6) is 5.75 Å². The summed E-state index contributed by atoms with van der Waals surface area (Å²) >= 11 is 9.15. The molecule has 8 rings (SSSR count). The van der Waals surface area contributed by atoms with Gasteiger partial charge in [0.25, 0.3) is 0 Å². The summed E-state index contributed by atoms with van der Waals surface area (Å²) in [5, 5.41) is 1.67. The summed E-state index contributed by atoms with van der Waals surface area (Å²) < 4.78 is 6.40. The lowest BCUT2D eigenvalue weighted by Gasteiger charge is -2.43. The highest BCUT2D eigenvalue weighted by molar-refractivity contribution is 8.00. The van der Waals surface area contributed by atoms with E-state index in [1.54, 1.807) is 11.8 Å². The smallest absolute Gasteiger partial charge is 0.305 e. The van der Waals surface area contributed by atoms with Gasteiger partial charge in [0.05, 0.1) is 22.5 Å². The van der Waals surface area contributed by atoms with Crippen LogP contribution in [0.15, 0.2) is 88.7 Å². The molecule has 4 aliphatic rings. The molecule has 6 nitrogen and oxygen atoms in total. The third-order valence-electron chi connectivity index (χ3n) is 9.28. The zero-order valence-corrected chi connectivity index (χ0v) is 24.1. The number of hydrogen-bond acceptors (Lipinski definition) is 6. The first-order valence-corrected chi connectivity index (χ1v) is 15.9. The highest BCUT2D eigenvalue weighted by Gasteiger charge is 2.69. The van der Waals surface area contributed by atoms with Crippen molar-refractivity contribution in [3.05, 3.63) is 110 Å². The first kappa shape index (κ1) is 25.4. The van der Waals surface area contributed by atoms with Gasteiger partial charge in [0, 0.05) is 26.6 Å². The lowest BCUT2D eigenvalue weighted by molar-refractivity contribution is -0.123. The highest BCUT2D eigenvalue weighted by Crippen LogP contribution is 2.69. The van der Waals surface area contributed by atoms with E-state index in [4.69, 9.17) is 16.3 Å². The topological polar surface area (TPSA) is 79.5 Å². The number of amides is 2. The van der Waals surface area contributed by atoms with Crippen LogP contribution in [0.2, 0.25) is 5.02 Å². The van der Waals surface area contributed by atoms with Crippen LogP contribution < -0.4 is 14.5 Å². The Kier molecular flexibility index (Phi) is 5.95. The Morgan fingerprint density at radius 2 is 1.66 bits per heavy atom. The molecule has 41 heavy (non-hydrogen) atoms. The van der Waals surface area contributed by atoms with Crippen molar-refractivity contribution in [3.63, 3.8) is 0 Å². The molecule has 2 aliphatic carbocycles. The second-order valence-electron chi connectivity index (χ2n) is 11.3. The number of halogens is 1. The van der Waals surface area contributed by atoms with Gasteiger partial charge >= 0.3 is 4.87 Å². The number of thioether (sulfide) groups is 1. The second kappa shape index (κ2) is 9.61. The lowest BCUT2D eigenvalue weighted by atomic mass is 9.68. The Morgan fingerprint density at radius 1 is 0.902 bits per heavy atom. The van der Waals surface area contributed by atoms with Crippen molar-refractivity contribution >= 4 is 52.2 Å². The largest absolute Gasteiger partial charge is 0.489 e. The van der Waals surface area contributed by atoms with E-state index in [-0.39, 0.29) is 57.4 Å². The average molecular weight is 601 g/mol. The first-order valence-electron chi connectivity index (χ1n) is 13.8. The van der Waals surface area contributed by atoms with Gasteiger partial charge in [-0.15, -0.1) is 11.8 Å². The summed E-state index contributed by atoms with van der Waals surface area (Å²) in [5.41, 5.74) is 2.63. The molecule has 0 radical (unpaired) electrons. The molecular weight excluding hydrogens is 576 g/mol. The summed E-state index contributed by atoms with van der Waals surface area (Å²) in [6.07, 6.45) is 0.846. The number of aromatic amines is 1. The van der Waals surface area contributed by atoms with Gasteiger partial charge in [-0.2, -0.15) is 0 Å². The van der Waals surface area contributed by atoms with Crippen LogP contribution in [0, 0.1) is 29.6 Å². The number of fused-ring (bicyclic) bond motifs is 9. The van der Waals surface area contributed by atoms with Crippen LogP contribution in [0.4, 0.5) is 5.69 Å². The number of imide groups is 1. The molecule has 2 aliphatic heterocycles. The summed E-state index contributed by atoms with van der Waals surface area (Å²) in [6, 6.07) is 24.9. The number of nitrogens with zero attached hydrogens (tertiary/aromatic N) is 1. The molecule has 3 heterocycles. The number of carbonyl (C=O) groups excluding carboxylic acids is 2. The summed E-state index contributed by atoms with van der Waals surface area (Å²) in [4.78, 5) is 45.8. The third kappa shape index (κ3) is 3.87. The maximum Gasteiger partial charge on any atom is 0.305 e. The molecule has 2 bridgehead atoms. The number of benzene rings is 3. The number of H-pyrrole nitrogens is 1. The molecule has 1 aromatic heterocycles. The van der Waals surface area contributed by atoms with E-state index in [9.17, 15) is 14.4 Å². The molecule has 2 amide bonds. The summed E-state index contributed by atoms with van der Waals surface area (Å²) in [5.74, 6) is 0.0523. The molecule has 3 aromatic carbocycles. The normalized spacial score (nSPS) is 29.4. The van der Waals surface area contributed by atoms with Crippen molar-refractivity contribution < 1.29 is 14.3 Å². The molecule has 2 saturated carbocycles. The standard InChI is InChI=1S/C32H25ClN2O4S2/c33-17-8-6-7-16(13-17)15-39-22-12-5-4-11-19(22)23-24-20-14-21(27(24)40-29-28(23)41-32(38)34-29)26-25(20)30(36)35(31(26)37)18-9-2-1-3-10-18/h1-13,20-21,23-27H,14-15H2,(H,34,38)/t20-,21-,23?,24?,25?,26?,27?/m1/s1. The van der Waals surface area contributed by atoms with Gasteiger partial charge in [0.2, 0.25) is 11.8 Å². The van der Waals surface area contributed by atoms with Gasteiger partial charge in [-0.05, 0) is 60.1 Å². The molecule has 5 unspecified atom stereocenters. The monoisotopic (exact) mass is 600 g/mol. The number of carbonyl (C=O) groups is 2. The van der Waals surface area contributed by atoms with Crippen LogP contribution in [0.25, 0.3) is 0 Å². The minimum Gasteiger partial charge on any atom is -0.489 e. The zero-order chi connectivity index (χ0) is 27.8. The fraction of sp³-hybridized carbons (Fsp3) is 0.281. The molecule has 0 spiro atoms. The summed E-state index contributed by atoms with van der Waals surface area (Å²) in [7, 11) is 0. The number of ether oxygens (including phenoxy) is 1. The van der Waals surface area contributed by atoms with Gasteiger partial charge in [0.1, 0.15) is 12.4 Å². The quantitative estimate of drug-likeness (QED) is 0.270. The predicted octanol–water partition coefficient (Wildman–Crippen LogP) is 6.35. The second-order valence-corrected chi connectivity index (χ2v) is 13.9. The zero-order valence-electron chi connectivity index (χ0n) is 21.7. The third-order valence-corrected chi connectivity index (χ3v) is 12.1. The van der Waals surface area contributed by atoms with E-state index in [0.29, 0.717) is 17.3 Å². The minimum absolute atomic E-state index is 0.0454.